The molecule has 0 fully saturated rings. The Hall–Kier alpha value is 0.177. The summed E-state index contributed by atoms with van der Waals surface area (Å²) < 4.78 is 0. The maximum atomic E-state index is 8.68. The molecular weight excluding hydrogens is 164 g/mol. The van der Waals surface area contributed by atoms with E-state index >= 15 is 0 Å². The summed E-state index contributed by atoms with van der Waals surface area (Å²) in [5, 5.41) is 0. The quantitative estimate of drug-likeness (QED) is 0.458. The fourth-order valence-corrected chi connectivity index (χ4v) is 1.95. The van der Waals surface area contributed by atoms with Gasteiger partial charge in [0.05, 0.1) is 0 Å². The van der Waals surface area contributed by atoms with Gasteiger partial charge in [-0.3, -0.25) is 0 Å². The second kappa shape index (κ2) is 9.27. The molecule has 0 heterocycles. The topological polar surface area (TPSA) is 20.2 Å². The van der Waals surface area contributed by atoms with Crippen LogP contribution in [0.1, 0.15) is 52.4 Å². The second-order valence-electron chi connectivity index (χ2n) is 4.03. The van der Waals surface area contributed by atoms with Gasteiger partial charge in [0.2, 0.25) is 0 Å². The van der Waals surface area contributed by atoms with Crippen molar-refractivity contribution in [3.63, 3.8) is 0 Å². The SMILES string of the molecule is CC(C)CCCCCCC[SiH2]O. The molecule has 0 spiro atoms. The Bertz CT molecular complexity index is 83.9. The summed E-state index contributed by atoms with van der Waals surface area (Å²) in [5.74, 6) is 0.870. The standard InChI is InChI=1S/C10H24OSi/c1-10(2)8-6-4-3-5-7-9-12-11/h10-11H,3-9,12H2,1-2H3. The first kappa shape index (κ1) is 12.2. The minimum absolute atomic E-state index is 0.638. The molecule has 1 N–H and O–H groups in total. The van der Waals surface area contributed by atoms with Gasteiger partial charge >= 0.3 is 0 Å². The summed E-state index contributed by atoms with van der Waals surface area (Å²) in [6, 6.07) is 1.13. The molecule has 1 nitrogen and oxygen atoms in total. The molecule has 0 aliphatic heterocycles. The Kier molecular flexibility index (Phi) is 9.40. The zero-order valence-electron chi connectivity index (χ0n) is 8.68. The van der Waals surface area contributed by atoms with Gasteiger partial charge in [-0.2, -0.15) is 0 Å². The van der Waals surface area contributed by atoms with E-state index in [1.54, 1.807) is 0 Å². The van der Waals surface area contributed by atoms with E-state index in [4.69, 9.17) is 4.80 Å². The molecule has 0 unspecified atom stereocenters. The smallest absolute Gasteiger partial charge is 0.156 e. The van der Waals surface area contributed by atoms with Crippen molar-refractivity contribution in [2.75, 3.05) is 0 Å². The molecule has 0 radical (unpaired) electrons. The first-order valence-electron chi connectivity index (χ1n) is 5.38. The van der Waals surface area contributed by atoms with Crippen LogP contribution in [0.2, 0.25) is 6.04 Å². The van der Waals surface area contributed by atoms with Crippen LogP contribution in [-0.4, -0.2) is 14.6 Å². The molecule has 0 amide bonds. The summed E-state index contributed by atoms with van der Waals surface area (Å²) in [6.07, 6.45) is 8.16. The van der Waals surface area contributed by atoms with E-state index in [9.17, 15) is 0 Å². The Morgan fingerprint density at radius 1 is 1.00 bits per heavy atom. The summed E-state index contributed by atoms with van der Waals surface area (Å²) >= 11 is 0. The van der Waals surface area contributed by atoms with Crippen LogP contribution in [0.15, 0.2) is 0 Å². The molecule has 0 bridgehead atoms. The summed E-state index contributed by atoms with van der Waals surface area (Å²) in [6.45, 7) is 4.58. The largest absolute Gasteiger partial charge is 0.438 e. The zero-order valence-corrected chi connectivity index (χ0v) is 10.1. The van der Waals surface area contributed by atoms with Crippen LogP contribution in [0, 0.1) is 5.92 Å². The van der Waals surface area contributed by atoms with Crippen molar-refractivity contribution in [3.05, 3.63) is 0 Å². The number of hydrogen-bond acceptors (Lipinski definition) is 1. The molecule has 0 rings (SSSR count). The minimum Gasteiger partial charge on any atom is -0.438 e. The van der Waals surface area contributed by atoms with Crippen molar-refractivity contribution < 1.29 is 4.80 Å². The van der Waals surface area contributed by atoms with Gasteiger partial charge in [0, 0.05) is 0 Å². The lowest BCUT2D eigenvalue weighted by Crippen LogP contribution is -1.88. The minimum atomic E-state index is -0.638. The predicted molar refractivity (Wildman–Crippen MR) is 58.1 cm³/mol. The molecule has 2 heteroatoms. The van der Waals surface area contributed by atoms with E-state index in [1.807, 2.05) is 0 Å². The van der Waals surface area contributed by atoms with Crippen molar-refractivity contribution in [2.45, 2.75) is 58.4 Å². The van der Waals surface area contributed by atoms with Crippen LogP contribution in [-0.2, 0) is 0 Å². The van der Waals surface area contributed by atoms with Gasteiger partial charge in [0.1, 0.15) is 0 Å². The number of unbranched alkanes of at least 4 members (excludes halogenated alkanes) is 4. The molecule has 0 aromatic carbocycles. The van der Waals surface area contributed by atoms with Crippen LogP contribution >= 0.6 is 0 Å². The van der Waals surface area contributed by atoms with Gasteiger partial charge in [-0.25, -0.2) is 0 Å². The van der Waals surface area contributed by atoms with Crippen molar-refractivity contribution >= 4 is 9.76 Å². The fraction of sp³-hybridized carbons (Fsp3) is 1.00. The monoisotopic (exact) mass is 188 g/mol. The van der Waals surface area contributed by atoms with E-state index in [0.717, 1.165) is 12.0 Å². The Morgan fingerprint density at radius 2 is 1.58 bits per heavy atom. The first-order chi connectivity index (χ1) is 5.77. The van der Waals surface area contributed by atoms with E-state index in [2.05, 4.69) is 13.8 Å². The van der Waals surface area contributed by atoms with Crippen LogP contribution in [0.25, 0.3) is 0 Å². The van der Waals surface area contributed by atoms with Gasteiger partial charge in [-0.1, -0.05) is 52.4 Å². The van der Waals surface area contributed by atoms with Crippen molar-refractivity contribution in [1.29, 1.82) is 0 Å². The van der Waals surface area contributed by atoms with Crippen LogP contribution < -0.4 is 0 Å². The Balaban J connectivity index is 2.82. The molecule has 0 aromatic rings. The highest BCUT2D eigenvalue weighted by Gasteiger charge is 1.94. The zero-order chi connectivity index (χ0) is 9.23. The van der Waals surface area contributed by atoms with Crippen LogP contribution in [0.3, 0.4) is 0 Å². The van der Waals surface area contributed by atoms with Crippen molar-refractivity contribution in [2.24, 2.45) is 5.92 Å². The molecule has 0 aliphatic rings. The molecule has 12 heavy (non-hydrogen) atoms. The molecular formula is C10H24OSi. The lowest BCUT2D eigenvalue weighted by molar-refractivity contribution is 0.516. The van der Waals surface area contributed by atoms with E-state index in [0.29, 0.717) is 0 Å². The molecule has 0 saturated heterocycles. The average Bonchev–Trinajstić information content (AvgIpc) is 2.02. The van der Waals surface area contributed by atoms with E-state index in [-0.39, 0.29) is 0 Å². The van der Waals surface area contributed by atoms with E-state index in [1.165, 1.54) is 38.5 Å². The van der Waals surface area contributed by atoms with Gasteiger partial charge in [0.25, 0.3) is 0 Å². The highest BCUT2D eigenvalue weighted by Crippen LogP contribution is 2.10. The van der Waals surface area contributed by atoms with Gasteiger partial charge in [-0.05, 0) is 12.0 Å². The van der Waals surface area contributed by atoms with Crippen LogP contribution in [0.4, 0.5) is 0 Å². The Morgan fingerprint density at radius 3 is 2.17 bits per heavy atom. The molecule has 74 valence electrons. The lowest BCUT2D eigenvalue weighted by atomic mass is 10.0. The number of rotatable bonds is 8. The molecule has 0 aromatic heterocycles. The maximum absolute atomic E-state index is 8.68. The maximum Gasteiger partial charge on any atom is 0.156 e. The number of hydrogen-bond donors (Lipinski definition) is 1. The lowest BCUT2D eigenvalue weighted by Gasteiger charge is -2.03. The molecule has 0 aliphatic carbocycles. The summed E-state index contributed by atoms with van der Waals surface area (Å²) in [7, 11) is -0.638. The summed E-state index contributed by atoms with van der Waals surface area (Å²) in [4.78, 5) is 8.68. The van der Waals surface area contributed by atoms with Crippen molar-refractivity contribution in [3.8, 4) is 0 Å². The van der Waals surface area contributed by atoms with Gasteiger partial charge in [0.15, 0.2) is 9.76 Å². The predicted octanol–water partition coefficient (Wildman–Crippen LogP) is 2.48. The van der Waals surface area contributed by atoms with Gasteiger partial charge in [-0.15, -0.1) is 0 Å². The highest BCUT2D eigenvalue weighted by molar-refractivity contribution is 6.25. The summed E-state index contributed by atoms with van der Waals surface area (Å²) in [5.41, 5.74) is 0. The normalized spacial score (nSPS) is 12.0. The average molecular weight is 188 g/mol. The Labute approximate surface area is 79.5 Å². The van der Waals surface area contributed by atoms with Crippen molar-refractivity contribution in [1.82, 2.24) is 0 Å². The van der Waals surface area contributed by atoms with Crippen LogP contribution in [0.5, 0.6) is 0 Å². The third-order valence-corrected chi connectivity index (χ3v) is 3.01. The highest BCUT2D eigenvalue weighted by atomic mass is 28.2. The fourth-order valence-electron chi connectivity index (χ4n) is 1.37. The third-order valence-electron chi connectivity index (χ3n) is 2.19. The molecule has 0 saturated carbocycles. The molecule has 0 atom stereocenters. The first-order valence-corrected chi connectivity index (χ1v) is 7.01. The second-order valence-corrected chi connectivity index (χ2v) is 5.18. The van der Waals surface area contributed by atoms with Gasteiger partial charge < -0.3 is 4.80 Å². The van der Waals surface area contributed by atoms with E-state index < -0.39 is 9.76 Å². The third kappa shape index (κ3) is 10.2.